The van der Waals surface area contributed by atoms with E-state index in [2.05, 4.69) is 28.2 Å². The first kappa shape index (κ1) is 28.3. The zero-order valence-electron chi connectivity index (χ0n) is 24.7. The quantitative estimate of drug-likeness (QED) is 0.288. The van der Waals surface area contributed by atoms with E-state index in [0.29, 0.717) is 37.9 Å². The monoisotopic (exact) mass is 591 g/mol. The van der Waals surface area contributed by atoms with E-state index >= 15 is 0 Å². The van der Waals surface area contributed by atoms with Crippen LogP contribution in [0.4, 0.5) is 8.78 Å². The number of likely N-dealkylation sites (tertiary alicyclic amines) is 1. The number of aromatic nitrogens is 1. The number of rotatable bonds is 7. The molecule has 3 aromatic rings. The van der Waals surface area contributed by atoms with E-state index in [0.717, 1.165) is 52.6 Å². The number of aliphatic carboxylic acids is 1. The highest BCUT2D eigenvalue weighted by Gasteiger charge is 2.58. The van der Waals surface area contributed by atoms with Crippen molar-refractivity contribution in [1.29, 1.82) is 0 Å². The van der Waals surface area contributed by atoms with Crippen molar-refractivity contribution in [3.05, 3.63) is 64.8 Å². The molecule has 0 bridgehead atoms. The Balaban J connectivity index is 1.08. The Kier molecular flexibility index (Phi) is 6.61. The highest BCUT2D eigenvalue weighted by molar-refractivity contribution is 5.94. The summed E-state index contributed by atoms with van der Waals surface area (Å²) in [6, 6.07) is 11.8. The molecule has 3 saturated carbocycles. The first-order valence-corrected chi connectivity index (χ1v) is 15.4. The molecule has 3 aliphatic carbocycles. The van der Waals surface area contributed by atoms with Gasteiger partial charge < -0.3 is 20.1 Å². The van der Waals surface area contributed by atoms with Gasteiger partial charge in [-0.2, -0.15) is 0 Å². The van der Waals surface area contributed by atoms with Crippen LogP contribution in [0, 0.1) is 23.7 Å². The second-order valence-corrected chi connectivity index (χ2v) is 13.9. The molecule has 0 radical (unpaired) electrons. The van der Waals surface area contributed by atoms with E-state index in [1.807, 2.05) is 36.5 Å². The van der Waals surface area contributed by atoms with Crippen LogP contribution in [-0.4, -0.2) is 52.5 Å². The molecular formula is C34H39F2N3O4. The summed E-state index contributed by atoms with van der Waals surface area (Å²) in [6.07, 6.45) is 6.29. The number of halogens is 2. The Morgan fingerprint density at radius 3 is 2.44 bits per heavy atom. The van der Waals surface area contributed by atoms with Crippen LogP contribution in [0.5, 0.6) is 5.75 Å². The van der Waals surface area contributed by atoms with Gasteiger partial charge in [0.25, 0.3) is 5.91 Å². The molecular weight excluding hydrogens is 552 g/mol. The summed E-state index contributed by atoms with van der Waals surface area (Å²) in [5.41, 5.74) is 4.60. The second-order valence-electron chi connectivity index (χ2n) is 13.9. The van der Waals surface area contributed by atoms with Gasteiger partial charge in [-0.05, 0) is 98.2 Å². The van der Waals surface area contributed by atoms with Crippen LogP contribution in [0.25, 0.3) is 10.9 Å². The molecule has 2 aromatic carbocycles. The summed E-state index contributed by atoms with van der Waals surface area (Å²) in [6.45, 7) is 3.39. The van der Waals surface area contributed by atoms with Crippen molar-refractivity contribution < 1.29 is 28.2 Å². The van der Waals surface area contributed by atoms with Gasteiger partial charge in [0.2, 0.25) is 5.92 Å². The number of fused-ring (bicyclic) bond motifs is 1. The minimum Gasteiger partial charge on any atom is -0.496 e. The molecule has 7 rings (SSSR count). The maximum absolute atomic E-state index is 14.1. The lowest BCUT2D eigenvalue weighted by molar-refractivity contribution is -0.186. The predicted octanol–water partition coefficient (Wildman–Crippen LogP) is 6.61. The van der Waals surface area contributed by atoms with E-state index in [4.69, 9.17) is 4.74 Å². The van der Waals surface area contributed by atoms with Crippen molar-refractivity contribution in [1.82, 2.24) is 15.2 Å². The molecule has 3 N–H and O–H groups in total. The number of hydrogen-bond acceptors (Lipinski definition) is 4. The first-order chi connectivity index (χ1) is 20.5. The lowest BCUT2D eigenvalue weighted by Gasteiger charge is -2.56. The molecule has 228 valence electrons. The average Bonchev–Trinajstić information content (AvgIpc) is 3.41. The van der Waals surface area contributed by atoms with Gasteiger partial charge in [0.1, 0.15) is 5.75 Å². The number of piperidine rings is 1. The number of aromatic amines is 1. The lowest BCUT2D eigenvalue weighted by Crippen LogP contribution is -2.57. The molecule has 1 aromatic heterocycles. The normalized spacial score (nSPS) is 29.1. The van der Waals surface area contributed by atoms with Crippen LogP contribution in [0.1, 0.15) is 84.5 Å². The summed E-state index contributed by atoms with van der Waals surface area (Å²) in [5.74, 6) is -2.85. The number of carboxylic acids is 1. The average molecular weight is 592 g/mol. The molecule has 1 atom stereocenters. The summed E-state index contributed by atoms with van der Waals surface area (Å²) < 4.78 is 34.0. The summed E-state index contributed by atoms with van der Waals surface area (Å²) in [4.78, 5) is 29.9. The number of nitrogens with one attached hydrogen (secondary N) is 2. The third kappa shape index (κ3) is 4.99. The fourth-order valence-corrected chi connectivity index (χ4v) is 8.75. The molecule has 1 unspecified atom stereocenters. The largest absolute Gasteiger partial charge is 0.496 e. The number of amides is 1. The van der Waals surface area contributed by atoms with Crippen molar-refractivity contribution in [2.75, 3.05) is 13.7 Å². The number of methoxy groups -OCH3 is 1. The third-order valence-electron chi connectivity index (χ3n) is 10.9. The number of nitrogens with zero attached hydrogens (tertiary/aromatic N) is 1. The van der Waals surface area contributed by atoms with Crippen LogP contribution >= 0.6 is 0 Å². The standard InChI is InChI=1S/C34H39F2N3O4/c1-20-11-28(43-2)26(25-7-9-37-29(20)25)17-39-10-8-32(18-34(35,36)19-32)16-27(39)21-3-5-22(6-4-21)30(40)38-24-14-33(15-24)12-23(13-33)31(41)42/h3-7,9,11,23-24,27,37H,8,10,12-19H2,1-2H3,(H,38,40)(H,41,42). The van der Waals surface area contributed by atoms with Gasteiger partial charge in [0, 0.05) is 59.7 Å². The molecule has 1 saturated heterocycles. The van der Waals surface area contributed by atoms with E-state index in [1.54, 1.807) is 7.11 Å². The number of H-pyrrole nitrogens is 1. The second kappa shape index (κ2) is 10.0. The van der Waals surface area contributed by atoms with Crippen LogP contribution < -0.4 is 10.1 Å². The molecule has 1 aliphatic heterocycles. The van der Waals surface area contributed by atoms with Crippen molar-refractivity contribution in [3.8, 4) is 5.75 Å². The number of carbonyl (C=O) groups is 2. The SMILES string of the molecule is COc1cc(C)c2[nH]ccc2c1CN1CCC2(CC1c1ccc(C(=O)NC3CC4(C3)CC(C(=O)O)C4)cc1)CC(F)(F)C2. The zero-order valence-corrected chi connectivity index (χ0v) is 24.7. The van der Waals surface area contributed by atoms with Crippen LogP contribution in [-0.2, 0) is 11.3 Å². The molecule has 4 fully saturated rings. The Bertz CT molecular complexity index is 1560. The highest BCUT2D eigenvalue weighted by atomic mass is 19.3. The Hall–Kier alpha value is -3.46. The fraction of sp³-hybridized carbons (Fsp3) is 0.529. The molecule has 7 nitrogen and oxygen atoms in total. The third-order valence-corrected chi connectivity index (χ3v) is 10.9. The summed E-state index contributed by atoms with van der Waals surface area (Å²) >= 11 is 0. The molecule has 2 spiro atoms. The summed E-state index contributed by atoms with van der Waals surface area (Å²) in [7, 11) is 1.68. The van der Waals surface area contributed by atoms with E-state index in [-0.39, 0.29) is 47.6 Å². The number of hydrogen-bond donors (Lipinski definition) is 3. The highest BCUT2D eigenvalue weighted by Crippen LogP contribution is 2.61. The van der Waals surface area contributed by atoms with Crippen molar-refractivity contribution in [2.24, 2.45) is 16.7 Å². The summed E-state index contributed by atoms with van der Waals surface area (Å²) in [5, 5.41) is 13.4. The lowest BCUT2D eigenvalue weighted by atomic mass is 9.50. The van der Waals surface area contributed by atoms with Gasteiger partial charge in [-0.25, -0.2) is 8.78 Å². The van der Waals surface area contributed by atoms with Gasteiger partial charge >= 0.3 is 5.97 Å². The van der Waals surface area contributed by atoms with Crippen molar-refractivity contribution in [2.45, 2.75) is 82.8 Å². The van der Waals surface area contributed by atoms with Gasteiger partial charge in [-0.15, -0.1) is 0 Å². The van der Waals surface area contributed by atoms with E-state index < -0.39 is 11.9 Å². The van der Waals surface area contributed by atoms with E-state index in [1.165, 1.54) is 0 Å². The maximum Gasteiger partial charge on any atom is 0.306 e. The smallest absolute Gasteiger partial charge is 0.306 e. The van der Waals surface area contributed by atoms with Crippen LogP contribution in [0.15, 0.2) is 42.6 Å². The zero-order chi connectivity index (χ0) is 30.1. The minimum atomic E-state index is -2.58. The number of alkyl halides is 2. The Labute approximate surface area is 250 Å². The topological polar surface area (TPSA) is 94.7 Å². The molecule has 4 aliphatic rings. The number of carboxylic acid groups (broad SMARTS) is 1. The van der Waals surface area contributed by atoms with Gasteiger partial charge in [-0.3, -0.25) is 14.5 Å². The van der Waals surface area contributed by atoms with Crippen LogP contribution in [0.3, 0.4) is 0 Å². The van der Waals surface area contributed by atoms with Gasteiger partial charge in [0.15, 0.2) is 0 Å². The number of carbonyl (C=O) groups excluding carboxylic acids is 1. The van der Waals surface area contributed by atoms with Crippen molar-refractivity contribution in [3.63, 3.8) is 0 Å². The number of benzene rings is 2. The molecule has 9 heteroatoms. The molecule has 2 heterocycles. The fourth-order valence-electron chi connectivity index (χ4n) is 8.75. The molecule has 1 amide bonds. The van der Waals surface area contributed by atoms with E-state index in [9.17, 15) is 23.5 Å². The van der Waals surface area contributed by atoms with Gasteiger partial charge in [-0.1, -0.05) is 12.1 Å². The Morgan fingerprint density at radius 2 is 1.79 bits per heavy atom. The maximum atomic E-state index is 14.1. The number of ether oxygens (including phenoxy) is 1. The molecule has 43 heavy (non-hydrogen) atoms. The Morgan fingerprint density at radius 1 is 1.07 bits per heavy atom. The van der Waals surface area contributed by atoms with Crippen LogP contribution in [0.2, 0.25) is 0 Å². The minimum absolute atomic E-state index is 0.0587. The predicted molar refractivity (Wildman–Crippen MR) is 158 cm³/mol. The number of aryl methyl sites for hydroxylation is 1. The first-order valence-electron chi connectivity index (χ1n) is 15.4. The van der Waals surface area contributed by atoms with Gasteiger partial charge in [0.05, 0.1) is 13.0 Å². The van der Waals surface area contributed by atoms with Crippen molar-refractivity contribution >= 4 is 22.8 Å².